The van der Waals surface area contributed by atoms with Gasteiger partial charge in [0.2, 0.25) is 0 Å². The third kappa shape index (κ3) is 3.71. The topological polar surface area (TPSA) is 35.5 Å². The summed E-state index contributed by atoms with van der Waals surface area (Å²) in [4.78, 5) is 2.74. The normalized spacial score (nSPS) is 33.9. The molecule has 2 N–H and O–H groups in total. The van der Waals surface area contributed by atoms with Gasteiger partial charge in [0.05, 0.1) is 6.61 Å². The van der Waals surface area contributed by atoms with Crippen molar-refractivity contribution in [1.82, 2.24) is 10.2 Å². The van der Waals surface area contributed by atoms with Gasteiger partial charge in [0, 0.05) is 24.7 Å². The number of piperidine rings is 1. The van der Waals surface area contributed by atoms with Crippen molar-refractivity contribution in [2.24, 2.45) is 5.92 Å². The second-order valence-electron chi connectivity index (χ2n) is 6.90. The molecule has 2 saturated carbocycles. The molecular weight excluding hydrogens is 236 g/mol. The zero-order valence-electron chi connectivity index (χ0n) is 12.2. The smallest absolute Gasteiger partial charge is 0.0585 e. The van der Waals surface area contributed by atoms with Gasteiger partial charge in [0.25, 0.3) is 0 Å². The zero-order valence-corrected chi connectivity index (χ0v) is 12.2. The molecule has 3 unspecified atom stereocenters. The van der Waals surface area contributed by atoms with Gasteiger partial charge in [-0.05, 0) is 57.4 Å². The van der Waals surface area contributed by atoms with Crippen LogP contribution in [0.15, 0.2) is 0 Å². The Morgan fingerprint density at radius 2 is 1.84 bits per heavy atom. The van der Waals surface area contributed by atoms with Crippen LogP contribution in [0.1, 0.15) is 57.8 Å². The molecule has 2 aliphatic carbocycles. The van der Waals surface area contributed by atoms with Crippen LogP contribution in [0, 0.1) is 5.92 Å². The molecule has 0 spiro atoms. The average Bonchev–Trinajstić information content (AvgIpc) is 3.27. The molecule has 3 atom stereocenters. The number of hydrogen-bond acceptors (Lipinski definition) is 3. The fraction of sp³-hybridized carbons (Fsp3) is 1.00. The maximum Gasteiger partial charge on any atom is 0.0585 e. The highest BCUT2D eigenvalue weighted by Gasteiger charge is 2.33. The Bertz CT molecular complexity index is 278. The van der Waals surface area contributed by atoms with Crippen molar-refractivity contribution in [3.05, 3.63) is 0 Å². The fourth-order valence-corrected chi connectivity index (χ4v) is 4.14. The van der Waals surface area contributed by atoms with Crippen molar-refractivity contribution in [3.63, 3.8) is 0 Å². The number of likely N-dealkylation sites (tertiary alicyclic amines) is 1. The van der Waals surface area contributed by atoms with E-state index in [0.717, 1.165) is 18.4 Å². The predicted molar refractivity (Wildman–Crippen MR) is 78.2 cm³/mol. The first-order valence-corrected chi connectivity index (χ1v) is 8.48. The maximum absolute atomic E-state index is 9.48. The monoisotopic (exact) mass is 266 g/mol. The van der Waals surface area contributed by atoms with Crippen LogP contribution in [-0.2, 0) is 0 Å². The fourth-order valence-electron chi connectivity index (χ4n) is 4.14. The highest BCUT2D eigenvalue weighted by atomic mass is 16.3. The van der Waals surface area contributed by atoms with Crippen molar-refractivity contribution >= 4 is 0 Å². The Morgan fingerprint density at radius 1 is 1.05 bits per heavy atom. The third-order valence-corrected chi connectivity index (χ3v) is 5.39. The number of aliphatic hydroxyl groups excluding tert-OH is 1. The van der Waals surface area contributed by atoms with Gasteiger partial charge in [-0.1, -0.05) is 12.8 Å². The second-order valence-corrected chi connectivity index (χ2v) is 6.90. The molecule has 0 aromatic heterocycles. The molecule has 0 radical (unpaired) electrons. The summed E-state index contributed by atoms with van der Waals surface area (Å²) in [5, 5.41) is 13.1. The molecule has 1 saturated heterocycles. The molecule has 3 nitrogen and oxygen atoms in total. The average molecular weight is 266 g/mol. The van der Waals surface area contributed by atoms with E-state index in [1.807, 2.05) is 0 Å². The molecule has 0 bridgehead atoms. The summed E-state index contributed by atoms with van der Waals surface area (Å²) >= 11 is 0. The molecule has 110 valence electrons. The van der Waals surface area contributed by atoms with Crippen LogP contribution in [0.5, 0.6) is 0 Å². The Morgan fingerprint density at radius 3 is 2.63 bits per heavy atom. The lowest BCUT2D eigenvalue weighted by Crippen LogP contribution is -2.48. The van der Waals surface area contributed by atoms with Gasteiger partial charge in [-0.25, -0.2) is 0 Å². The van der Waals surface area contributed by atoms with Gasteiger partial charge in [0.1, 0.15) is 0 Å². The largest absolute Gasteiger partial charge is 0.395 e. The summed E-state index contributed by atoms with van der Waals surface area (Å²) in [5.74, 6) is 0.978. The summed E-state index contributed by atoms with van der Waals surface area (Å²) in [7, 11) is 0. The van der Waals surface area contributed by atoms with Gasteiger partial charge in [-0.15, -0.1) is 0 Å². The molecule has 0 amide bonds. The Labute approximate surface area is 117 Å². The number of aliphatic hydroxyl groups is 1. The maximum atomic E-state index is 9.48. The van der Waals surface area contributed by atoms with Crippen LogP contribution in [0.4, 0.5) is 0 Å². The Balaban J connectivity index is 1.46. The van der Waals surface area contributed by atoms with E-state index in [0.29, 0.717) is 18.7 Å². The van der Waals surface area contributed by atoms with Gasteiger partial charge in [-0.2, -0.15) is 0 Å². The molecule has 0 aromatic rings. The molecule has 3 aliphatic rings. The summed E-state index contributed by atoms with van der Waals surface area (Å²) in [5.41, 5.74) is 0. The minimum Gasteiger partial charge on any atom is -0.395 e. The molecule has 1 aliphatic heterocycles. The van der Waals surface area contributed by atoms with Gasteiger partial charge in [0.15, 0.2) is 0 Å². The molecule has 19 heavy (non-hydrogen) atoms. The van der Waals surface area contributed by atoms with E-state index in [1.165, 1.54) is 64.5 Å². The van der Waals surface area contributed by atoms with E-state index in [-0.39, 0.29) is 0 Å². The SMILES string of the molecule is OCC(CCN1CCCC2CCCCC21)NC1CC1. The van der Waals surface area contributed by atoms with Crippen LogP contribution in [-0.4, -0.2) is 47.8 Å². The van der Waals surface area contributed by atoms with E-state index in [2.05, 4.69) is 10.2 Å². The molecule has 0 aromatic carbocycles. The van der Waals surface area contributed by atoms with E-state index in [1.54, 1.807) is 0 Å². The molecule has 3 rings (SSSR count). The molecule has 3 heteroatoms. The Kier molecular flexibility index (Phi) is 4.78. The van der Waals surface area contributed by atoms with Crippen LogP contribution in [0.25, 0.3) is 0 Å². The third-order valence-electron chi connectivity index (χ3n) is 5.39. The van der Waals surface area contributed by atoms with Crippen LogP contribution >= 0.6 is 0 Å². The van der Waals surface area contributed by atoms with Crippen molar-refractivity contribution in [2.45, 2.75) is 75.9 Å². The zero-order chi connectivity index (χ0) is 13.1. The standard InChI is InChI=1S/C16H30N2O/c19-12-15(17-14-7-8-14)9-11-18-10-3-5-13-4-1-2-6-16(13)18/h13-17,19H,1-12H2. The summed E-state index contributed by atoms with van der Waals surface area (Å²) in [6.07, 6.45) is 12.4. The molecule has 3 fully saturated rings. The minimum atomic E-state index is 0.304. The summed E-state index contributed by atoms with van der Waals surface area (Å²) < 4.78 is 0. The van der Waals surface area contributed by atoms with E-state index < -0.39 is 0 Å². The molecule has 1 heterocycles. The highest BCUT2D eigenvalue weighted by Crippen LogP contribution is 2.35. The van der Waals surface area contributed by atoms with Crippen LogP contribution < -0.4 is 5.32 Å². The lowest BCUT2D eigenvalue weighted by Gasteiger charge is -2.44. The Hall–Kier alpha value is -0.120. The molecular formula is C16H30N2O. The number of rotatable bonds is 6. The lowest BCUT2D eigenvalue weighted by atomic mass is 9.78. The number of nitrogens with one attached hydrogen (secondary N) is 1. The van der Waals surface area contributed by atoms with Crippen molar-refractivity contribution in [3.8, 4) is 0 Å². The van der Waals surface area contributed by atoms with E-state index in [9.17, 15) is 5.11 Å². The van der Waals surface area contributed by atoms with Crippen molar-refractivity contribution in [2.75, 3.05) is 19.7 Å². The summed E-state index contributed by atoms with van der Waals surface area (Å²) in [6, 6.07) is 1.90. The quantitative estimate of drug-likeness (QED) is 0.773. The predicted octanol–water partition coefficient (Wildman–Crippen LogP) is 2.14. The minimum absolute atomic E-state index is 0.304. The van der Waals surface area contributed by atoms with Crippen LogP contribution in [0.2, 0.25) is 0 Å². The highest BCUT2D eigenvalue weighted by molar-refractivity contribution is 4.89. The number of nitrogens with zero attached hydrogens (tertiary/aromatic N) is 1. The number of fused-ring (bicyclic) bond motifs is 1. The van der Waals surface area contributed by atoms with Crippen LogP contribution in [0.3, 0.4) is 0 Å². The van der Waals surface area contributed by atoms with Gasteiger partial charge < -0.3 is 15.3 Å². The summed E-state index contributed by atoms with van der Waals surface area (Å²) in [6.45, 7) is 2.79. The first kappa shape index (κ1) is 13.8. The number of hydrogen-bond donors (Lipinski definition) is 2. The first-order valence-electron chi connectivity index (χ1n) is 8.48. The second kappa shape index (κ2) is 6.55. The first-order chi connectivity index (χ1) is 9.36. The lowest BCUT2D eigenvalue weighted by molar-refractivity contribution is 0.0554. The van der Waals surface area contributed by atoms with E-state index in [4.69, 9.17) is 0 Å². The van der Waals surface area contributed by atoms with Crippen molar-refractivity contribution in [1.29, 1.82) is 0 Å². The van der Waals surface area contributed by atoms with Gasteiger partial charge >= 0.3 is 0 Å². The van der Waals surface area contributed by atoms with E-state index >= 15 is 0 Å². The van der Waals surface area contributed by atoms with Gasteiger partial charge in [-0.3, -0.25) is 0 Å². The van der Waals surface area contributed by atoms with Crippen molar-refractivity contribution < 1.29 is 5.11 Å².